The number of ether oxygens (including phenoxy) is 3. The molecule has 0 aliphatic rings. The first-order valence-corrected chi connectivity index (χ1v) is 23.5. The second-order valence-electron chi connectivity index (χ2n) is 15.6. The van der Waals surface area contributed by atoms with Gasteiger partial charge < -0.3 is 14.2 Å². The SMILES string of the molecule is CC/C=C\C/C=C\C/C=C\CCCCCCCCC(=O)OCC(COC(=O)CCCCCCCCCCCC)OC(=O)CCCCCCCCCCCCC. The van der Waals surface area contributed by atoms with E-state index in [0.717, 1.165) is 83.5 Å². The van der Waals surface area contributed by atoms with Gasteiger partial charge in [0.1, 0.15) is 13.2 Å². The highest BCUT2D eigenvalue weighted by atomic mass is 16.6. The molecule has 0 N–H and O–H groups in total. The van der Waals surface area contributed by atoms with Crippen LogP contribution in [0.3, 0.4) is 0 Å². The minimum Gasteiger partial charge on any atom is -0.462 e. The fourth-order valence-corrected chi connectivity index (χ4v) is 6.63. The van der Waals surface area contributed by atoms with E-state index in [-0.39, 0.29) is 31.1 Å². The van der Waals surface area contributed by atoms with Gasteiger partial charge in [-0.3, -0.25) is 14.4 Å². The lowest BCUT2D eigenvalue weighted by Gasteiger charge is -2.18. The van der Waals surface area contributed by atoms with Crippen LogP contribution in [0.25, 0.3) is 0 Å². The molecule has 0 aliphatic carbocycles. The molecule has 0 aromatic carbocycles. The van der Waals surface area contributed by atoms with Crippen LogP contribution in [-0.2, 0) is 28.6 Å². The maximum absolute atomic E-state index is 12.7. The fraction of sp³-hybridized carbons (Fsp3) is 0.816. The quantitative estimate of drug-likeness (QED) is 0.0266. The van der Waals surface area contributed by atoms with Gasteiger partial charge in [0.15, 0.2) is 6.10 Å². The highest BCUT2D eigenvalue weighted by molar-refractivity contribution is 5.71. The molecule has 0 aromatic rings. The van der Waals surface area contributed by atoms with Crippen LogP contribution in [0.5, 0.6) is 0 Å². The van der Waals surface area contributed by atoms with Crippen LogP contribution >= 0.6 is 0 Å². The monoisotopic (exact) mass is 773 g/mol. The maximum Gasteiger partial charge on any atom is 0.306 e. The molecule has 0 fully saturated rings. The molecular weight excluding hydrogens is 685 g/mol. The van der Waals surface area contributed by atoms with Crippen LogP contribution in [0.1, 0.15) is 239 Å². The Bertz CT molecular complexity index is 938. The van der Waals surface area contributed by atoms with Gasteiger partial charge >= 0.3 is 17.9 Å². The van der Waals surface area contributed by atoms with Crippen molar-refractivity contribution in [3.63, 3.8) is 0 Å². The summed E-state index contributed by atoms with van der Waals surface area (Å²) < 4.78 is 16.7. The second-order valence-corrected chi connectivity index (χ2v) is 15.6. The van der Waals surface area contributed by atoms with Crippen LogP contribution in [0.15, 0.2) is 36.5 Å². The first-order chi connectivity index (χ1) is 27.0. The normalized spacial score (nSPS) is 12.3. The zero-order valence-electron chi connectivity index (χ0n) is 36.4. The van der Waals surface area contributed by atoms with Crippen LogP contribution < -0.4 is 0 Å². The lowest BCUT2D eigenvalue weighted by molar-refractivity contribution is -0.167. The predicted octanol–water partition coefficient (Wildman–Crippen LogP) is 15.0. The predicted molar refractivity (Wildman–Crippen MR) is 233 cm³/mol. The van der Waals surface area contributed by atoms with E-state index in [0.29, 0.717) is 19.3 Å². The summed E-state index contributed by atoms with van der Waals surface area (Å²) in [7, 11) is 0. The molecule has 0 heterocycles. The van der Waals surface area contributed by atoms with Crippen molar-refractivity contribution in [3.05, 3.63) is 36.5 Å². The summed E-state index contributed by atoms with van der Waals surface area (Å²) in [4.78, 5) is 37.7. The van der Waals surface area contributed by atoms with Gasteiger partial charge in [-0.2, -0.15) is 0 Å². The van der Waals surface area contributed by atoms with Gasteiger partial charge in [-0.15, -0.1) is 0 Å². The average molecular weight is 773 g/mol. The van der Waals surface area contributed by atoms with Crippen molar-refractivity contribution in [2.24, 2.45) is 0 Å². The Kier molecular flexibility index (Phi) is 42.4. The standard InChI is InChI=1S/C49H88O6/c1-4-7-10-13-16-19-22-23-24-25-26-28-30-33-36-39-42-48(51)54-45-46(44-53-47(50)41-38-35-32-29-21-18-15-12-9-6-3)55-49(52)43-40-37-34-31-27-20-17-14-11-8-5-2/h7,10,16,19,23-24,46H,4-6,8-9,11-15,17-18,20-22,25-45H2,1-3H3/b10-7-,19-16-,24-23-. The van der Waals surface area contributed by atoms with E-state index in [1.165, 1.54) is 116 Å². The molecule has 0 rings (SSSR count). The molecule has 0 saturated carbocycles. The van der Waals surface area contributed by atoms with Crippen molar-refractivity contribution in [2.45, 2.75) is 245 Å². The number of carbonyl (C=O) groups is 3. The third-order valence-electron chi connectivity index (χ3n) is 10.2. The number of carbonyl (C=O) groups excluding carboxylic acids is 3. The minimum absolute atomic E-state index is 0.0730. The Hall–Kier alpha value is -2.37. The van der Waals surface area contributed by atoms with Gasteiger partial charge in [0.25, 0.3) is 0 Å². The van der Waals surface area contributed by atoms with Crippen LogP contribution in [0.2, 0.25) is 0 Å². The summed E-state index contributed by atoms with van der Waals surface area (Å²) in [6, 6.07) is 0. The summed E-state index contributed by atoms with van der Waals surface area (Å²) in [6.45, 7) is 6.50. The topological polar surface area (TPSA) is 78.9 Å². The summed E-state index contributed by atoms with van der Waals surface area (Å²) in [5.74, 6) is -0.884. The molecule has 6 heteroatoms. The highest BCUT2D eigenvalue weighted by Gasteiger charge is 2.19. The van der Waals surface area contributed by atoms with Gasteiger partial charge in [-0.1, -0.05) is 205 Å². The van der Waals surface area contributed by atoms with E-state index in [1.54, 1.807) is 0 Å². The molecule has 320 valence electrons. The van der Waals surface area contributed by atoms with Crippen molar-refractivity contribution in [3.8, 4) is 0 Å². The molecule has 1 atom stereocenters. The lowest BCUT2D eigenvalue weighted by atomic mass is 10.1. The number of unbranched alkanes of at least 4 members (excludes halogenated alkanes) is 25. The molecule has 0 aliphatic heterocycles. The van der Waals surface area contributed by atoms with Crippen molar-refractivity contribution < 1.29 is 28.6 Å². The minimum atomic E-state index is -0.770. The van der Waals surface area contributed by atoms with Gasteiger partial charge in [-0.25, -0.2) is 0 Å². The van der Waals surface area contributed by atoms with E-state index in [4.69, 9.17) is 14.2 Å². The zero-order chi connectivity index (χ0) is 40.1. The summed E-state index contributed by atoms with van der Waals surface area (Å²) >= 11 is 0. The van der Waals surface area contributed by atoms with Gasteiger partial charge in [0, 0.05) is 19.3 Å². The Morgan fingerprint density at radius 3 is 1.11 bits per heavy atom. The molecule has 0 spiro atoms. The Morgan fingerprint density at radius 1 is 0.382 bits per heavy atom. The number of allylic oxidation sites excluding steroid dienone is 6. The van der Waals surface area contributed by atoms with Crippen LogP contribution in [-0.4, -0.2) is 37.2 Å². The summed E-state index contributed by atoms with van der Waals surface area (Å²) in [6.07, 6.45) is 49.8. The van der Waals surface area contributed by atoms with Crippen LogP contribution in [0.4, 0.5) is 0 Å². The summed E-state index contributed by atoms with van der Waals surface area (Å²) in [5.41, 5.74) is 0. The maximum atomic E-state index is 12.7. The molecule has 6 nitrogen and oxygen atoms in total. The molecule has 0 saturated heterocycles. The van der Waals surface area contributed by atoms with E-state index < -0.39 is 6.10 Å². The van der Waals surface area contributed by atoms with Crippen LogP contribution in [0, 0.1) is 0 Å². The van der Waals surface area contributed by atoms with Crippen molar-refractivity contribution in [1.82, 2.24) is 0 Å². The number of rotatable bonds is 42. The van der Waals surface area contributed by atoms with E-state index in [9.17, 15) is 14.4 Å². The molecule has 55 heavy (non-hydrogen) atoms. The largest absolute Gasteiger partial charge is 0.462 e. The lowest BCUT2D eigenvalue weighted by Crippen LogP contribution is -2.30. The Morgan fingerprint density at radius 2 is 0.709 bits per heavy atom. The molecule has 1 unspecified atom stereocenters. The molecule has 0 bridgehead atoms. The first kappa shape index (κ1) is 52.6. The van der Waals surface area contributed by atoms with Crippen molar-refractivity contribution >= 4 is 17.9 Å². The smallest absolute Gasteiger partial charge is 0.306 e. The van der Waals surface area contributed by atoms with E-state index in [1.807, 2.05) is 0 Å². The van der Waals surface area contributed by atoms with Gasteiger partial charge in [0.2, 0.25) is 0 Å². The summed E-state index contributed by atoms with van der Waals surface area (Å²) in [5, 5.41) is 0. The Balaban J connectivity index is 4.34. The van der Waals surface area contributed by atoms with Gasteiger partial charge in [0.05, 0.1) is 0 Å². The third-order valence-corrected chi connectivity index (χ3v) is 10.2. The van der Waals surface area contributed by atoms with E-state index >= 15 is 0 Å². The fourth-order valence-electron chi connectivity index (χ4n) is 6.63. The average Bonchev–Trinajstić information content (AvgIpc) is 3.18. The highest BCUT2D eigenvalue weighted by Crippen LogP contribution is 2.15. The zero-order valence-corrected chi connectivity index (χ0v) is 36.4. The number of hydrogen-bond acceptors (Lipinski definition) is 6. The second kappa shape index (κ2) is 44.3. The third kappa shape index (κ3) is 42.6. The van der Waals surface area contributed by atoms with Gasteiger partial charge in [-0.05, 0) is 51.4 Å². The molecule has 0 radical (unpaired) electrons. The van der Waals surface area contributed by atoms with Crippen molar-refractivity contribution in [2.75, 3.05) is 13.2 Å². The molecular formula is C49H88O6. The Labute approximate surface area is 340 Å². The van der Waals surface area contributed by atoms with E-state index in [2.05, 4.69) is 57.2 Å². The molecule has 0 aromatic heterocycles. The molecule has 0 amide bonds. The first-order valence-electron chi connectivity index (χ1n) is 23.5. The number of esters is 3. The van der Waals surface area contributed by atoms with Crippen molar-refractivity contribution in [1.29, 1.82) is 0 Å². The number of hydrogen-bond donors (Lipinski definition) is 0.